The SMILES string of the molecule is COc1cccc(COC(C)C(=O)Nc2ccc(Br)cc2F)c1. The quantitative estimate of drug-likeness (QED) is 0.817. The summed E-state index contributed by atoms with van der Waals surface area (Å²) in [6, 6.07) is 11.8. The third-order valence-electron chi connectivity index (χ3n) is 3.19. The molecule has 122 valence electrons. The molecule has 0 aliphatic carbocycles. The fourth-order valence-corrected chi connectivity index (χ4v) is 2.22. The molecule has 1 atom stereocenters. The van der Waals surface area contributed by atoms with E-state index in [1.54, 1.807) is 20.1 Å². The van der Waals surface area contributed by atoms with Crippen LogP contribution in [0.25, 0.3) is 0 Å². The van der Waals surface area contributed by atoms with Crippen LogP contribution in [0.15, 0.2) is 46.9 Å². The third-order valence-corrected chi connectivity index (χ3v) is 3.69. The molecule has 0 saturated carbocycles. The van der Waals surface area contributed by atoms with E-state index < -0.39 is 17.8 Å². The average Bonchev–Trinajstić information content (AvgIpc) is 2.55. The lowest BCUT2D eigenvalue weighted by molar-refractivity contribution is -0.127. The highest BCUT2D eigenvalue weighted by Crippen LogP contribution is 2.20. The molecule has 0 bridgehead atoms. The Hall–Kier alpha value is -1.92. The fourth-order valence-electron chi connectivity index (χ4n) is 1.88. The van der Waals surface area contributed by atoms with E-state index in [1.807, 2.05) is 24.3 Å². The highest BCUT2D eigenvalue weighted by Gasteiger charge is 2.15. The van der Waals surface area contributed by atoms with Gasteiger partial charge in [-0.25, -0.2) is 4.39 Å². The average molecular weight is 382 g/mol. The van der Waals surface area contributed by atoms with Gasteiger partial charge in [0.25, 0.3) is 5.91 Å². The lowest BCUT2D eigenvalue weighted by Crippen LogP contribution is -2.28. The Kier molecular flexibility index (Phi) is 6.12. The van der Waals surface area contributed by atoms with Gasteiger partial charge in [-0.15, -0.1) is 0 Å². The normalized spacial score (nSPS) is 11.8. The second-order valence-corrected chi connectivity index (χ2v) is 5.83. The number of anilines is 1. The van der Waals surface area contributed by atoms with E-state index in [4.69, 9.17) is 9.47 Å². The van der Waals surface area contributed by atoms with Gasteiger partial charge in [-0.3, -0.25) is 4.79 Å². The molecule has 0 aliphatic heterocycles. The molecule has 1 unspecified atom stereocenters. The number of methoxy groups -OCH3 is 1. The molecule has 0 spiro atoms. The van der Waals surface area contributed by atoms with Crippen molar-refractivity contribution < 1.29 is 18.7 Å². The number of rotatable bonds is 6. The van der Waals surface area contributed by atoms with E-state index in [0.717, 1.165) is 11.3 Å². The molecule has 6 heteroatoms. The zero-order chi connectivity index (χ0) is 16.8. The summed E-state index contributed by atoms with van der Waals surface area (Å²) in [5.41, 5.74) is 1.01. The second kappa shape index (κ2) is 8.08. The van der Waals surface area contributed by atoms with E-state index in [9.17, 15) is 9.18 Å². The first kappa shape index (κ1) is 17.4. The maximum atomic E-state index is 13.7. The van der Waals surface area contributed by atoms with Crippen molar-refractivity contribution in [2.45, 2.75) is 19.6 Å². The summed E-state index contributed by atoms with van der Waals surface area (Å²) >= 11 is 3.17. The van der Waals surface area contributed by atoms with Gasteiger partial charge < -0.3 is 14.8 Å². The Labute approximate surface area is 142 Å². The smallest absolute Gasteiger partial charge is 0.253 e. The third kappa shape index (κ3) is 5.04. The Bertz CT molecular complexity index is 693. The van der Waals surface area contributed by atoms with Crippen molar-refractivity contribution in [2.75, 3.05) is 12.4 Å². The van der Waals surface area contributed by atoms with Gasteiger partial charge >= 0.3 is 0 Å². The summed E-state index contributed by atoms with van der Waals surface area (Å²) in [5.74, 6) is -0.193. The van der Waals surface area contributed by atoms with E-state index in [0.29, 0.717) is 4.47 Å². The predicted molar refractivity (Wildman–Crippen MR) is 90.0 cm³/mol. The largest absolute Gasteiger partial charge is 0.497 e. The minimum Gasteiger partial charge on any atom is -0.497 e. The number of amides is 1. The van der Waals surface area contributed by atoms with Crippen LogP contribution in [-0.4, -0.2) is 19.1 Å². The number of benzene rings is 2. The number of nitrogens with one attached hydrogen (secondary N) is 1. The first-order valence-electron chi connectivity index (χ1n) is 7.00. The number of hydrogen-bond acceptors (Lipinski definition) is 3. The summed E-state index contributed by atoms with van der Waals surface area (Å²) < 4.78 is 25.0. The number of ether oxygens (including phenoxy) is 2. The monoisotopic (exact) mass is 381 g/mol. The van der Waals surface area contributed by atoms with Crippen molar-refractivity contribution in [1.29, 1.82) is 0 Å². The van der Waals surface area contributed by atoms with Crippen LogP contribution in [0.3, 0.4) is 0 Å². The summed E-state index contributed by atoms with van der Waals surface area (Å²) in [6.07, 6.45) is -0.718. The molecular weight excluding hydrogens is 365 g/mol. The highest BCUT2D eigenvalue weighted by atomic mass is 79.9. The lowest BCUT2D eigenvalue weighted by Gasteiger charge is -2.14. The van der Waals surface area contributed by atoms with Crippen LogP contribution in [0, 0.1) is 5.82 Å². The topological polar surface area (TPSA) is 47.6 Å². The van der Waals surface area contributed by atoms with Crippen molar-refractivity contribution >= 4 is 27.5 Å². The van der Waals surface area contributed by atoms with Crippen molar-refractivity contribution in [3.05, 3.63) is 58.3 Å². The van der Waals surface area contributed by atoms with Crippen molar-refractivity contribution in [1.82, 2.24) is 0 Å². The maximum absolute atomic E-state index is 13.7. The van der Waals surface area contributed by atoms with Crippen LogP contribution in [0.2, 0.25) is 0 Å². The lowest BCUT2D eigenvalue weighted by atomic mass is 10.2. The van der Waals surface area contributed by atoms with Crippen LogP contribution in [0.4, 0.5) is 10.1 Å². The first-order chi connectivity index (χ1) is 11.0. The molecule has 4 nitrogen and oxygen atoms in total. The molecule has 2 aromatic carbocycles. The van der Waals surface area contributed by atoms with Crippen LogP contribution in [0.5, 0.6) is 5.75 Å². The molecule has 0 fully saturated rings. The van der Waals surface area contributed by atoms with Gasteiger partial charge in [0.1, 0.15) is 17.7 Å². The van der Waals surface area contributed by atoms with Gasteiger partial charge in [0.05, 0.1) is 19.4 Å². The van der Waals surface area contributed by atoms with Crippen LogP contribution >= 0.6 is 15.9 Å². The molecule has 2 rings (SSSR count). The molecule has 0 aromatic heterocycles. The van der Waals surface area contributed by atoms with E-state index in [2.05, 4.69) is 21.2 Å². The summed E-state index contributed by atoms with van der Waals surface area (Å²) in [6.45, 7) is 1.88. The molecule has 1 N–H and O–H groups in total. The van der Waals surface area contributed by atoms with Crippen molar-refractivity contribution in [2.24, 2.45) is 0 Å². The molecule has 0 radical (unpaired) electrons. The van der Waals surface area contributed by atoms with Gasteiger partial charge in [0, 0.05) is 4.47 Å². The molecule has 0 aliphatic rings. The minimum atomic E-state index is -0.718. The molecule has 2 aromatic rings. The van der Waals surface area contributed by atoms with E-state index >= 15 is 0 Å². The van der Waals surface area contributed by atoms with Crippen LogP contribution < -0.4 is 10.1 Å². The minimum absolute atomic E-state index is 0.120. The standard InChI is InChI=1S/C17H17BrFNO3/c1-11(23-10-12-4-3-5-14(8-12)22-2)17(21)20-16-7-6-13(18)9-15(16)19/h3-9,11H,10H2,1-2H3,(H,20,21). The summed E-state index contributed by atoms with van der Waals surface area (Å²) in [7, 11) is 1.59. The Morgan fingerprint density at radius 1 is 1.30 bits per heavy atom. The van der Waals surface area contributed by atoms with Crippen LogP contribution in [-0.2, 0) is 16.1 Å². The van der Waals surface area contributed by atoms with Gasteiger partial charge in [0.2, 0.25) is 0 Å². The van der Waals surface area contributed by atoms with Gasteiger partial charge in [-0.2, -0.15) is 0 Å². The summed E-state index contributed by atoms with van der Waals surface area (Å²) in [4.78, 5) is 12.1. The first-order valence-corrected chi connectivity index (χ1v) is 7.79. The highest BCUT2D eigenvalue weighted by molar-refractivity contribution is 9.10. The van der Waals surface area contributed by atoms with Crippen molar-refractivity contribution in [3.8, 4) is 5.75 Å². The number of carbonyl (C=O) groups excluding carboxylic acids is 1. The zero-order valence-electron chi connectivity index (χ0n) is 12.8. The Morgan fingerprint density at radius 2 is 2.09 bits per heavy atom. The van der Waals surface area contributed by atoms with E-state index in [1.165, 1.54) is 12.1 Å². The zero-order valence-corrected chi connectivity index (χ0v) is 14.4. The van der Waals surface area contributed by atoms with Gasteiger partial charge in [0.15, 0.2) is 0 Å². The number of halogens is 2. The van der Waals surface area contributed by atoms with Crippen LogP contribution in [0.1, 0.15) is 12.5 Å². The second-order valence-electron chi connectivity index (χ2n) is 4.92. The van der Waals surface area contributed by atoms with Crippen molar-refractivity contribution in [3.63, 3.8) is 0 Å². The molecule has 0 saturated heterocycles. The van der Waals surface area contributed by atoms with Gasteiger partial charge in [-0.05, 0) is 42.8 Å². The maximum Gasteiger partial charge on any atom is 0.253 e. The Balaban J connectivity index is 1.91. The fraction of sp³-hybridized carbons (Fsp3) is 0.235. The molecule has 23 heavy (non-hydrogen) atoms. The molecule has 0 heterocycles. The van der Waals surface area contributed by atoms with Gasteiger partial charge in [-0.1, -0.05) is 28.1 Å². The molecular formula is C17H17BrFNO3. The number of hydrogen-bond donors (Lipinski definition) is 1. The Morgan fingerprint density at radius 3 is 2.78 bits per heavy atom. The van der Waals surface area contributed by atoms with E-state index in [-0.39, 0.29) is 12.3 Å². The molecule has 1 amide bonds. The predicted octanol–water partition coefficient (Wildman–Crippen LogP) is 4.14. The number of carbonyl (C=O) groups is 1. The summed E-state index contributed by atoms with van der Waals surface area (Å²) in [5, 5.41) is 2.51.